The summed E-state index contributed by atoms with van der Waals surface area (Å²) in [5.41, 5.74) is 3.34. The molecular weight excluding hydrogens is 437 g/mol. The van der Waals surface area contributed by atoms with Crippen LogP contribution in [-0.2, 0) is 17.8 Å². The van der Waals surface area contributed by atoms with E-state index in [2.05, 4.69) is 6.07 Å². The van der Waals surface area contributed by atoms with E-state index >= 15 is 0 Å². The zero-order chi connectivity index (χ0) is 22.8. The van der Waals surface area contributed by atoms with Gasteiger partial charge in [-0.25, -0.2) is 9.37 Å². The summed E-state index contributed by atoms with van der Waals surface area (Å²) >= 11 is 1.26. The Labute approximate surface area is 194 Å². The first-order chi connectivity index (χ1) is 16.1. The van der Waals surface area contributed by atoms with Gasteiger partial charge in [0.15, 0.2) is 5.16 Å². The lowest BCUT2D eigenvalue weighted by Crippen LogP contribution is -2.36. The quantitative estimate of drug-likeness (QED) is 0.322. The molecule has 0 fully saturated rings. The van der Waals surface area contributed by atoms with Gasteiger partial charge >= 0.3 is 0 Å². The number of aryl methyl sites for hydroxylation is 1. The Kier molecular flexibility index (Phi) is 5.96. The van der Waals surface area contributed by atoms with Crippen molar-refractivity contribution in [2.75, 3.05) is 17.2 Å². The lowest BCUT2D eigenvalue weighted by atomic mass is 10.0. The second-order valence-electron chi connectivity index (χ2n) is 8.00. The Hall–Kier alpha value is -3.45. The number of aromatic nitrogens is 2. The van der Waals surface area contributed by atoms with E-state index < -0.39 is 0 Å². The smallest absolute Gasteiger partial charge is 0.262 e. The van der Waals surface area contributed by atoms with E-state index in [1.807, 2.05) is 29.2 Å². The van der Waals surface area contributed by atoms with E-state index in [1.54, 1.807) is 34.9 Å². The van der Waals surface area contributed by atoms with Crippen LogP contribution in [0.2, 0.25) is 0 Å². The van der Waals surface area contributed by atoms with Crippen LogP contribution >= 0.6 is 11.8 Å². The van der Waals surface area contributed by atoms with Crippen LogP contribution in [0, 0.1) is 5.82 Å². The fourth-order valence-corrected chi connectivity index (χ4v) is 5.04. The molecule has 0 spiro atoms. The van der Waals surface area contributed by atoms with Crippen LogP contribution in [0.1, 0.15) is 17.5 Å². The van der Waals surface area contributed by atoms with Gasteiger partial charge in [0.05, 0.1) is 23.2 Å². The first-order valence-electron chi connectivity index (χ1n) is 10.9. The zero-order valence-electron chi connectivity index (χ0n) is 17.9. The molecule has 7 heteroatoms. The number of thioether (sulfide) groups is 1. The number of rotatable bonds is 5. The van der Waals surface area contributed by atoms with Gasteiger partial charge in [0.25, 0.3) is 5.56 Å². The van der Waals surface area contributed by atoms with Gasteiger partial charge in [-0.15, -0.1) is 0 Å². The molecule has 3 aromatic carbocycles. The molecule has 0 aliphatic carbocycles. The van der Waals surface area contributed by atoms with Gasteiger partial charge in [-0.1, -0.05) is 54.2 Å². The molecule has 1 aromatic heterocycles. The van der Waals surface area contributed by atoms with Gasteiger partial charge in [0, 0.05) is 12.2 Å². The normalized spacial score (nSPS) is 13.2. The highest BCUT2D eigenvalue weighted by Crippen LogP contribution is 2.28. The van der Waals surface area contributed by atoms with E-state index in [1.165, 1.54) is 29.5 Å². The Morgan fingerprint density at radius 2 is 1.76 bits per heavy atom. The minimum absolute atomic E-state index is 0.0112. The molecule has 0 N–H and O–H groups in total. The van der Waals surface area contributed by atoms with Crippen molar-refractivity contribution in [1.29, 1.82) is 0 Å². The summed E-state index contributed by atoms with van der Waals surface area (Å²) in [7, 11) is 0. The number of benzene rings is 3. The molecule has 0 atom stereocenters. The molecule has 166 valence electrons. The molecule has 1 amide bonds. The van der Waals surface area contributed by atoms with Gasteiger partial charge in [-0.3, -0.25) is 14.2 Å². The number of halogens is 1. The minimum atomic E-state index is -0.329. The lowest BCUT2D eigenvalue weighted by molar-refractivity contribution is -0.116. The Balaban J connectivity index is 1.45. The second kappa shape index (κ2) is 9.19. The molecule has 5 nitrogen and oxygen atoms in total. The summed E-state index contributed by atoms with van der Waals surface area (Å²) in [6.45, 7) is 0.934. The summed E-state index contributed by atoms with van der Waals surface area (Å²) in [5, 5.41) is 0.988. The van der Waals surface area contributed by atoms with E-state index in [4.69, 9.17) is 4.98 Å². The molecule has 0 bridgehead atoms. The molecule has 0 radical (unpaired) electrons. The van der Waals surface area contributed by atoms with Crippen molar-refractivity contribution in [3.63, 3.8) is 0 Å². The maximum atomic E-state index is 13.4. The number of fused-ring (bicyclic) bond motifs is 2. The molecule has 0 saturated carbocycles. The summed E-state index contributed by atoms with van der Waals surface area (Å²) in [4.78, 5) is 32.9. The van der Waals surface area contributed by atoms with Crippen LogP contribution in [0.5, 0.6) is 0 Å². The summed E-state index contributed by atoms with van der Waals surface area (Å²) in [5.74, 6) is -0.171. The van der Waals surface area contributed by atoms with Crippen molar-refractivity contribution in [2.24, 2.45) is 0 Å². The average Bonchev–Trinajstić information content (AvgIpc) is 2.85. The predicted molar refractivity (Wildman–Crippen MR) is 129 cm³/mol. The predicted octanol–water partition coefficient (Wildman–Crippen LogP) is 4.66. The van der Waals surface area contributed by atoms with Crippen LogP contribution in [0.4, 0.5) is 10.1 Å². The van der Waals surface area contributed by atoms with Crippen LogP contribution in [0.3, 0.4) is 0 Å². The molecule has 2 heterocycles. The number of anilines is 1. The summed E-state index contributed by atoms with van der Waals surface area (Å²) in [6, 6.07) is 21.2. The van der Waals surface area contributed by atoms with E-state index in [0.29, 0.717) is 22.6 Å². The molecule has 5 rings (SSSR count). The Morgan fingerprint density at radius 1 is 1.00 bits per heavy atom. The van der Waals surface area contributed by atoms with Crippen molar-refractivity contribution in [2.45, 2.75) is 24.5 Å². The number of carbonyl (C=O) groups excluding carboxylic acids is 1. The molecule has 33 heavy (non-hydrogen) atoms. The van der Waals surface area contributed by atoms with E-state index in [0.717, 1.165) is 24.1 Å². The highest BCUT2D eigenvalue weighted by atomic mass is 32.2. The highest BCUT2D eigenvalue weighted by molar-refractivity contribution is 7.99. The first kappa shape index (κ1) is 21.4. The van der Waals surface area contributed by atoms with Gasteiger partial charge < -0.3 is 4.90 Å². The third kappa shape index (κ3) is 4.41. The largest absolute Gasteiger partial charge is 0.311 e. The number of amides is 1. The molecule has 4 aromatic rings. The molecule has 0 saturated heterocycles. The topological polar surface area (TPSA) is 55.2 Å². The lowest BCUT2D eigenvalue weighted by Gasteiger charge is -2.29. The standard InChI is InChI=1S/C26H22FN3O2S/c27-20-13-11-18(12-14-20)16-30-25(32)21-8-2-3-9-22(21)28-26(30)33-17-24(31)29-15-5-7-19-6-1-4-10-23(19)29/h1-4,6,8-14H,5,7,15-17H2. The van der Waals surface area contributed by atoms with Crippen LogP contribution in [0.25, 0.3) is 10.9 Å². The number of hydrogen-bond donors (Lipinski definition) is 0. The van der Waals surface area contributed by atoms with Crippen molar-refractivity contribution < 1.29 is 9.18 Å². The van der Waals surface area contributed by atoms with Crippen molar-refractivity contribution >= 4 is 34.3 Å². The van der Waals surface area contributed by atoms with Gasteiger partial charge in [0.1, 0.15) is 5.82 Å². The molecular formula is C26H22FN3O2S. The van der Waals surface area contributed by atoms with E-state index in [9.17, 15) is 14.0 Å². The third-order valence-corrected chi connectivity index (χ3v) is 6.78. The van der Waals surface area contributed by atoms with Gasteiger partial charge in [-0.05, 0) is 54.3 Å². The highest BCUT2D eigenvalue weighted by Gasteiger charge is 2.23. The van der Waals surface area contributed by atoms with Crippen molar-refractivity contribution in [3.05, 3.63) is 100 Å². The van der Waals surface area contributed by atoms with Crippen molar-refractivity contribution in [3.8, 4) is 0 Å². The van der Waals surface area contributed by atoms with Crippen LogP contribution < -0.4 is 10.5 Å². The number of carbonyl (C=O) groups is 1. The monoisotopic (exact) mass is 459 g/mol. The minimum Gasteiger partial charge on any atom is -0.311 e. The number of para-hydroxylation sites is 2. The SMILES string of the molecule is O=C(CSc1nc2ccccc2c(=O)n1Cc1ccc(F)cc1)N1CCCc2ccccc21. The number of hydrogen-bond acceptors (Lipinski definition) is 4. The third-order valence-electron chi connectivity index (χ3n) is 5.82. The number of nitrogens with zero attached hydrogens (tertiary/aromatic N) is 3. The maximum Gasteiger partial charge on any atom is 0.262 e. The fraction of sp³-hybridized carbons (Fsp3) is 0.192. The summed E-state index contributed by atoms with van der Waals surface area (Å²) < 4.78 is 14.9. The Morgan fingerprint density at radius 3 is 2.61 bits per heavy atom. The summed E-state index contributed by atoms with van der Waals surface area (Å²) in [6.07, 6.45) is 1.90. The first-order valence-corrected chi connectivity index (χ1v) is 11.8. The van der Waals surface area contributed by atoms with Crippen LogP contribution in [0.15, 0.2) is 82.7 Å². The van der Waals surface area contributed by atoms with Crippen molar-refractivity contribution in [1.82, 2.24) is 9.55 Å². The van der Waals surface area contributed by atoms with E-state index in [-0.39, 0.29) is 29.6 Å². The zero-order valence-corrected chi connectivity index (χ0v) is 18.7. The molecule has 1 aliphatic rings. The maximum absolute atomic E-state index is 13.4. The van der Waals surface area contributed by atoms with Crippen LogP contribution in [-0.4, -0.2) is 27.8 Å². The molecule has 1 aliphatic heterocycles. The second-order valence-corrected chi connectivity index (χ2v) is 8.94. The van der Waals surface area contributed by atoms with Gasteiger partial charge in [-0.2, -0.15) is 0 Å². The molecule has 0 unspecified atom stereocenters. The fourth-order valence-electron chi connectivity index (χ4n) is 4.17. The Bertz CT molecular complexity index is 1380. The van der Waals surface area contributed by atoms with Gasteiger partial charge in [0.2, 0.25) is 5.91 Å². The average molecular weight is 460 g/mol.